The Morgan fingerprint density at radius 3 is 2.56 bits per heavy atom. The van der Waals surface area contributed by atoms with Gasteiger partial charge in [-0.15, -0.1) is 0 Å². The molecule has 1 fully saturated rings. The highest BCUT2D eigenvalue weighted by atomic mass is 19.1. The molecule has 1 aromatic carbocycles. The maximum atomic E-state index is 12.7. The number of aliphatic hydroxyl groups excluding tert-OH is 2. The molecule has 0 bridgehead atoms. The second-order valence-electron chi connectivity index (χ2n) is 4.30. The number of hydrogen-bond acceptors (Lipinski definition) is 3. The Bertz CT molecular complexity index is 341. The van der Waals surface area contributed by atoms with Gasteiger partial charge in [0, 0.05) is 19.0 Å². The Morgan fingerprint density at radius 2 is 1.94 bits per heavy atom. The molecule has 16 heavy (non-hydrogen) atoms. The average molecular weight is 225 g/mol. The van der Waals surface area contributed by atoms with Crippen molar-refractivity contribution in [2.75, 3.05) is 13.1 Å². The van der Waals surface area contributed by atoms with Gasteiger partial charge in [-0.1, -0.05) is 12.1 Å². The van der Waals surface area contributed by atoms with Gasteiger partial charge < -0.3 is 15.5 Å². The molecule has 0 aliphatic carbocycles. The standard InChI is InChI=1S/C12H16FNO2/c13-10-3-1-8(2-4-10)12(16)9-5-11(15)7-14-6-9/h1-4,9,11-12,14-16H,5-7H2/t9?,11-,12?/m0/s1. The minimum Gasteiger partial charge on any atom is -0.392 e. The molecule has 0 radical (unpaired) electrons. The molecule has 0 spiro atoms. The molecule has 1 aliphatic rings. The van der Waals surface area contributed by atoms with Crippen LogP contribution in [0.1, 0.15) is 18.1 Å². The summed E-state index contributed by atoms with van der Waals surface area (Å²) < 4.78 is 12.7. The molecule has 0 amide bonds. The van der Waals surface area contributed by atoms with Crippen LogP contribution in [-0.2, 0) is 0 Å². The average Bonchev–Trinajstić information content (AvgIpc) is 2.29. The van der Waals surface area contributed by atoms with Gasteiger partial charge in [-0.25, -0.2) is 4.39 Å². The van der Waals surface area contributed by atoms with E-state index < -0.39 is 12.2 Å². The highest BCUT2D eigenvalue weighted by molar-refractivity contribution is 5.19. The molecule has 3 N–H and O–H groups in total. The highest BCUT2D eigenvalue weighted by Crippen LogP contribution is 2.27. The van der Waals surface area contributed by atoms with E-state index in [4.69, 9.17) is 0 Å². The number of β-amino-alcohol motifs (C(OH)–C–C–N with tert-alkyl or cyclic N) is 1. The largest absolute Gasteiger partial charge is 0.392 e. The van der Waals surface area contributed by atoms with Crippen molar-refractivity contribution < 1.29 is 14.6 Å². The molecular weight excluding hydrogens is 209 g/mol. The van der Waals surface area contributed by atoms with Gasteiger partial charge in [-0.2, -0.15) is 0 Å². The highest BCUT2D eigenvalue weighted by Gasteiger charge is 2.26. The topological polar surface area (TPSA) is 52.5 Å². The predicted octanol–water partition coefficient (Wildman–Crippen LogP) is 0.829. The van der Waals surface area contributed by atoms with E-state index in [2.05, 4.69) is 5.32 Å². The fourth-order valence-corrected chi connectivity index (χ4v) is 2.12. The van der Waals surface area contributed by atoms with Gasteiger partial charge in [0.15, 0.2) is 0 Å². The normalized spacial score (nSPS) is 27.7. The lowest BCUT2D eigenvalue weighted by Gasteiger charge is -2.30. The molecule has 2 rings (SSSR count). The van der Waals surface area contributed by atoms with Crippen LogP contribution in [0.4, 0.5) is 4.39 Å². The Morgan fingerprint density at radius 1 is 1.25 bits per heavy atom. The van der Waals surface area contributed by atoms with Crippen LogP contribution in [0.3, 0.4) is 0 Å². The predicted molar refractivity (Wildman–Crippen MR) is 58.3 cm³/mol. The zero-order valence-electron chi connectivity index (χ0n) is 8.94. The maximum Gasteiger partial charge on any atom is 0.123 e. The van der Waals surface area contributed by atoms with Crippen molar-refractivity contribution in [2.45, 2.75) is 18.6 Å². The van der Waals surface area contributed by atoms with Gasteiger partial charge in [-0.3, -0.25) is 0 Å². The van der Waals surface area contributed by atoms with Crippen molar-refractivity contribution in [3.05, 3.63) is 35.6 Å². The second-order valence-corrected chi connectivity index (χ2v) is 4.30. The fraction of sp³-hybridized carbons (Fsp3) is 0.500. The lowest BCUT2D eigenvalue weighted by molar-refractivity contribution is 0.0392. The minimum atomic E-state index is -0.650. The van der Waals surface area contributed by atoms with E-state index in [9.17, 15) is 14.6 Å². The first kappa shape index (κ1) is 11.5. The van der Waals surface area contributed by atoms with Crippen molar-refractivity contribution in [3.63, 3.8) is 0 Å². The van der Waals surface area contributed by atoms with E-state index in [0.717, 1.165) is 0 Å². The zero-order valence-corrected chi connectivity index (χ0v) is 8.94. The summed E-state index contributed by atoms with van der Waals surface area (Å²) >= 11 is 0. The van der Waals surface area contributed by atoms with Gasteiger partial charge in [-0.05, 0) is 24.1 Å². The minimum absolute atomic E-state index is 0.0192. The first-order chi connectivity index (χ1) is 7.66. The molecule has 3 atom stereocenters. The Hall–Kier alpha value is -0.970. The molecule has 3 nitrogen and oxygen atoms in total. The van der Waals surface area contributed by atoms with Crippen molar-refractivity contribution >= 4 is 0 Å². The van der Waals surface area contributed by atoms with Crippen LogP contribution in [0.15, 0.2) is 24.3 Å². The van der Waals surface area contributed by atoms with Crippen molar-refractivity contribution in [1.82, 2.24) is 5.32 Å². The van der Waals surface area contributed by atoms with Crippen molar-refractivity contribution in [1.29, 1.82) is 0 Å². The van der Waals surface area contributed by atoms with Gasteiger partial charge >= 0.3 is 0 Å². The third-order valence-corrected chi connectivity index (χ3v) is 3.02. The number of benzene rings is 1. The second kappa shape index (κ2) is 4.91. The first-order valence-corrected chi connectivity index (χ1v) is 5.49. The van der Waals surface area contributed by atoms with Gasteiger partial charge in [0.1, 0.15) is 5.82 Å². The number of halogens is 1. The third-order valence-electron chi connectivity index (χ3n) is 3.02. The van der Waals surface area contributed by atoms with E-state index in [1.54, 1.807) is 12.1 Å². The molecule has 0 saturated carbocycles. The molecule has 1 saturated heterocycles. The summed E-state index contributed by atoms with van der Waals surface area (Å²) in [5.74, 6) is -0.327. The summed E-state index contributed by atoms with van der Waals surface area (Å²) in [6.45, 7) is 1.25. The third kappa shape index (κ3) is 2.58. The van der Waals surface area contributed by atoms with Gasteiger partial charge in [0.2, 0.25) is 0 Å². The SMILES string of the molecule is OC(c1ccc(F)cc1)C1CNC[C@@H](O)C1. The van der Waals surface area contributed by atoms with E-state index in [1.807, 2.05) is 0 Å². The van der Waals surface area contributed by atoms with Crippen molar-refractivity contribution in [2.24, 2.45) is 5.92 Å². The number of hydrogen-bond donors (Lipinski definition) is 3. The van der Waals surface area contributed by atoms with Crippen LogP contribution >= 0.6 is 0 Å². The summed E-state index contributed by atoms with van der Waals surface area (Å²) in [5.41, 5.74) is 0.697. The summed E-state index contributed by atoms with van der Waals surface area (Å²) in [5, 5.41) is 22.6. The van der Waals surface area contributed by atoms with E-state index in [1.165, 1.54) is 12.1 Å². The molecule has 1 heterocycles. The van der Waals surface area contributed by atoms with Crippen LogP contribution in [0, 0.1) is 11.7 Å². The Balaban J connectivity index is 2.06. The lowest BCUT2D eigenvalue weighted by Crippen LogP contribution is -2.41. The number of nitrogens with one attached hydrogen (secondary N) is 1. The van der Waals surface area contributed by atoms with E-state index >= 15 is 0 Å². The van der Waals surface area contributed by atoms with Crippen LogP contribution in [-0.4, -0.2) is 29.4 Å². The number of aliphatic hydroxyl groups is 2. The fourth-order valence-electron chi connectivity index (χ4n) is 2.12. The molecule has 88 valence electrons. The van der Waals surface area contributed by atoms with E-state index in [0.29, 0.717) is 25.1 Å². The quantitative estimate of drug-likeness (QED) is 0.698. The summed E-state index contributed by atoms with van der Waals surface area (Å²) in [4.78, 5) is 0. The molecule has 4 heteroatoms. The monoisotopic (exact) mass is 225 g/mol. The number of piperidine rings is 1. The van der Waals surface area contributed by atoms with Crippen LogP contribution in [0.25, 0.3) is 0 Å². The van der Waals surface area contributed by atoms with Gasteiger partial charge in [0.05, 0.1) is 12.2 Å². The number of rotatable bonds is 2. The molecule has 1 aliphatic heterocycles. The molecule has 0 aromatic heterocycles. The summed E-state index contributed by atoms with van der Waals surface area (Å²) in [6.07, 6.45) is -0.483. The Labute approximate surface area is 93.9 Å². The van der Waals surface area contributed by atoms with Crippen LogP contribution < -0.4 is 5.32 Å². The summed E-state index contributed by atoms with van der Waals surface area (Å²) in [6, 6.07) is 5.85. The van der Waals surface area contributed by atoms with Crippen molar-refractivity contribution in [3.8, 4) is 0 Å². The Kier molecular flexibility index (Phi) is 3.53. The van der Waals surface area contributed by atoms with Crippen LogP contribution in [0.5, 0.6) is 0 Å². The first-order valence-electron chi connectivity index (χ1n) is 5.49. The molecule has 1 aromatic rings. The zero-order chi connectivity index (χ0) is 11.5. The smallest absolute Gasteiger partial charge is 0.123 e. The van der Waals surface area contributed by atoms with Crippen LogP contribution in [0.2, 0.25) is 0 Å². The molecular formula is C12H16FNO2. The maximum absolute atomic E-state index is 12.7. The lowest BCUT2D eigenvalue weighted by atomic mass is 9.88. The van der Waals surface area contributed by atoms with Gasteiger partial charge in [0.25, 0.3) is 0 Å². The molecule has 2 unspecified atom stereocenters. The van der Waals surface area contributed by atoms with E-state index in [-0.39, 0.29) is 11.7 Å². The summed E-state index contributed by atoms with van der Waals surface area (Å²) in [7, 11) is 0.